The molecule has 0 unspecified atom stereocenters. The number of sulfonamides is 1. The van der Waals surface area contributed by atoms with Crippen molar-refractivity contribution in [1.29, 1.82) is 0 Å². The molecule has 11 heteroatoms. The first-order valence-electron chi connectivity index (χ1n) is 10.8. The molecular formula is C25H22ClN3O6S. The number of nitrogens with one attached hydrogen (secondary N) is 1. The number of rotatable bonds is 8. The minimum Gasteiger partial charge on any atom is -0.465 e. The molecule has 1 aliphatic rings. The number of pyridine rings is 1. The Balaban J connectivity index is 1.55. The molecule has 1 aromatic carbocycles. The van der Waals surface area contributed by atoms with Crippen molar-refractivity contribution in [2.75, 3.05) is 7.11 Å². The van der Waals surface area contributed by atoms with E-state index in [9.17, 15) is 18.0 Å². The molecule has 0 bridgehead atoms. The fourth-order valence-electron chi connectivity index (χ4n) is 3.67. The molecule has 3 heterocycles. The van der Waals surface area contributed by atoms with Crippen LogP contribution in [-0.4, -0.2) is 37.3 Å². The lowest BCUT2D eigenvalue weighted by Gasteiger charge is -2.17. The van der Waals surface area contributed by atoms with Crippen molar-refractivity contribution in [3.05, 3.63) is 99.9 Å². The van der Waals surface area contributed by atoms with Crippen molar-refractivity contribution in [3.8, 4) is 0 Å². The van der Waals surface area contributed by atoms with Crippen LogP contribution in [0.2, 0.25) is 5.02 Å². The van der Waals surface area contributed by atoms with E-state index in [1.165, 1.54) is 42.4 Å². The van der Waals surface area contributed by atoms with E-state index in [-0.39, 0.29) is 34.9 Å². The number of allylic oxidation sites excluding steroid dienone is 1. The Bertz CT molecular complexity index is 1460. The molecule has 1 amide bonds. The zero-order chi connectivity index (χ0) is 25.9. The predicted octanol–water partition coefficient (Wildman–Crippen LogP) is 3.68. The molecule has 0 fully saturated rings. The van der Waals surface area contributed by atoms with Gasteiger partial charge in [-0.05, 0) is 61.0 Å². The van der Waals surface area contributed by atoms with Crippen molar-refractivity contribution >= 4 is 39.6 Å². The zero-order valence-electron chi connectivity index (χ0n) is 19.4. The van der Waals surface area contributed by atoms with Crippen molar-refractivity contribution in [3.63, 3.8) is 0 Å². The number of aromatic nitrogens is 1. The molecule has 36 heavy (non-hydrogen) atoms. The summed E-state index contributed by atoms with van der Waals surface area (Å²) in [6, 6.07) is 12.5. The lowest BCUT2D eigenvalue weighted by molar-refractivity contribution is -0.136. The molecule has 2 aromatic heterocycles. The summed E-state index contributed by atoms with van der Waals surface area (Å²) >= 11 is 5.82. The fraction of sp³-hybridized carbons (Fsp3) is 0.160. The maximum Gasteiger partial charge on any atom is 0.340 e. The van der Waals surface area contributed by atoms with Gasteiger partial charge in [0.25, 0.3) is 5.91 Å². The maximum atomic E-state index is 13.2. The molecule has 0 saturated heterocycles. The van der Waals surface area contributed by atoms with E-state index >= 15 is 0 Å². The van der Waals surface area contributed by atoms with Crippen LogP contribution in [0.5, 0.6) is 0 Å². The highest BCUT2D eigenvalue weighted by Crippen LogP contribution is 2.33. The van der Waals surface area contributed by atoms with Gasteiger partial charge in [-0.3, -0.25) is 9.78 Å². The number of carbonyl (C=O) groups is 2. The van der Waals surface area contributed by atoms with Crippen molar-refractivity contribution < 1.29 is 27.2 Å². The number of ether oxygens (including phenoxy) is 1. The van der Waals surface area contributed by atoms with Crippen LogP contribution >= 0.6 is 11.6 Å². The molecule has 0 saturated carbocycles. The highest BCUT2D eigenvalue weighted by Gasteiger charge is 2.37. The number of methoxy groups -OCH3 is 1. The summed E-state index contributed by atoms with van der Waals surface area (Å²) in [4.78, 5) is 31.4. The number of carbonyl (C=O) groups excluding carboxylic acids is 2. The Labute approximate surface area is 213 Å². The topological polar surface area (TPSA) is 119 Å². The van der Waals surface area contributed by atoms with Gasteiger partial charge in [-0.15, -0.1) is 0 Å². The van der Waals surface area contributed by atoms with Gasteiger partial charge in [0.1, 0.15) is 11.5 Å². The summed E-state index contributed by atoms with van der Waals surface area (Å²) in [7, 11) is -2.54. The molecule has 9 nitrogen and oxygen atoms in total. The number of benzene rings is 1. The van der Waals surface area contributed by atoms with Crippen LogP contribution in [0.15, 0.2) is 87.1 Å². The first-order chi connectivity index (χ1) is 17.2. The van der Waals surface area contributed by atoms with Crippen molar-refractivity contribution in [2.24, 2.45) is 0 Å². The Morgan fingerprint density at radius 1 is 1.19 bits per heavy atom. The third-order valence-electron chi connectivity index (χ3n) is 5.49. The minimum atomic E-state index is -3.78. The summed E-state index contributed by atoms with van der Waals surface area (Å²) in [5.74, 6) is -0.449. The molecule has 0 atom stereocenters. The highest BCUT2D eigenvalue weighted by atomic mass is 35.5. The second-order valence-corrected chi connectivity index (χ2v) is 10.0. The van der Waals surface area contributed by atoms with Gasteiger partial charge in [0.15, 0.2) is 0 Å². The summed E-state index contributed by atoms with van der Waals surface area (Å²) in [5.41, 5.74) is 1.49. The number of nitrogens with zero attached hydrogens (tertiary/aromatic N) is 2. The number of amides is 1. The summed E-state index contributed by atoms with van der Waals surface area (Å²) in [6.45, 7) is 1.78. The molecule has 3 aromatic rings. The molecular weight excluding hydrogens is 506 g/mol. The average Bonchev–Trinajstić information content (AvgIpc) is 3.41. The zero-order valence-corrected chi connectivity index (χ0v) is 21.0. The predicted molar refractivity (Wildman–Crippen MR) is 132 cm³/mol. The first-order valence-corrected chi connectivity index (χ1v) is 12.6. The van der Waals surface area contributed by atoms with Gasteiger partial charge in [-0.2, -0.15) is 0 Å². The van der Waals surface area contributed by atoms with E-state index in [0.29, 0.717) is 16.5 Å². The average molecular weight is 528 g/mol. The smallest absolute Gasteiger partial charge is 0.340 e. The molecule has 1 aliphatic heterocycles. The highest BCUT2D eigenvalue weighted by molar-refractivity contribution is 7.89. The maximum absolute atomic E-state index is 13.2. The third kappa shape index (κ3) is 5.40. The van der Waals surface area contributed by atoms with Crippen LogP contribution in [0, 0.1) is 0 Å². The van der Waals surface area contributed by atoms with Crippen LogP contribution in [0.3, 0.4) is 0 Å². The second kappa shape index (κ2) is 10.5. The van der Waals surface area contributed by atoms with Gasteiger partial charge in [0.2, 0.25) is 10.0 Å². The van der Waals surface area contributed by atoms with E-state index in [1.807, 2.05) is 6.07 Å². The Kier molecular flexibility index (Phi) is 7.39. The number of esters is 1. The van der Waals surface area contributed by atoms with E-state index in [2.05, 4.69) is 9.71 Å². The number of halogens is 1. The van der Waals surface area contributed by atoms with Gasteiger partial charge < -0.3 is 14.1 Å². The van der Waals surface area contributed by atoms with Crippen LogP contribution in [-0.2, 0) is 37.4 Å². The van der Waals surface area contributed by atoms with Crippen LogP contribution < -0.4 is 4.72 Å². The Morgan fingerprint density at radius 2 is 1.94 bits per heavy atom. The number of hydrogen-bond donors (Lipinski definition) is 1. The van der Waals surface area contributed by atoms with Crippen LogP contribution in [0.1, 0.15) is 24.0 Å². The lowest BCUT2D eigenvalue weighted by atomic mass is 10.1. The van der Waals surface area contributed by atoms with Crippen LogP contribution in [0.25, 0.3) is 6.08 Å². The van der Waals surface area contributed by atoms with Gasteiger partial charge in [0, 0.05) is 23.1 Å². The lowest BCUT2D eigenvalue weighted by Crippen LogP contribution is -2.24. The standard InChI is InChI=1S/C25H22ClN3O6S/c1-16-23(25(31)34-2)22(24(30)29(16)15-17-4-3-11-27-13-17)12-19-7-8-20(35-19)14-28-36(32,33)21-9-5-18(26)6-10-21/h3-13,28H,14-15H2,1-2H3/b22-12+. The normalized spacial score (nSPS) is 15.1. The summed E-state index contributed by atoms with van der Waals surface area (Å²) in [5, 5.41) is 0.425. The van der Waals surface area contributed by atoms with Gasteiger partial charge in [0.05, 0.1) is 36.2 Å². The van der Waals surface area contributed by atoms with E-state index in [4.69, 9.17) is 20.8 Å². The van der Waals surface area contributed by atoms with E-state index in [1.54, 1.807) is 37.5 Å². The third-order valence-corrected chi connectivity index (χ3v) is 7.16. The molecule has 0 aliphatic carbocycles. The molecule has 186 valence electrons. The van der Waals surface area contributed by atoms with Gasteiger partial charge >= 0.3 is 5.97 Å². The summed E-state index contributed by atoms with van der Waals surface area (Å²) < 4.78 is 38.1. The summed E-state index contributed by atoms with van der Waals surface area (Å²) in [6.07, 6.45) is 4.72. The van der Waals surface area contributed by atoms with Crippen molar-refractivity contribution in [1.82, 2.24) is 14.6 Å². The first kappa shape index (κ1) is 25.4. The molecule has 0 radical (unpaired) electrons. The number of hydrogen-bond acceptors (Lipinski definition) is 7. The van der Waals surface area contributed by atoms with Crippen molar-refractivity contribution in [2.45, 2.75) is 24.9 Å². The minimum absolute atomic E-state index is 0.0642. The molecule has 0 spiro atoms. The largest absolute Gasteiger partial charge is 0.465 e. The second-order valence-electron chi connectivity index (χ2n) is 7.85. The number of furan rings is 1. The van der Waals surface area contributed by atoms with E-state index < -0.39 is 21.9 Å². The SMILES string of the molecule is COC(=O)C1=C(C)N(Cc2cccnc2)C(=O)/C1=C/c1ccc(CNS(=O)(=O)c2ccc(Cl)cc2)o1. The van der Waals surface area contributed by atoms with Crippen LogP contribution in [0.4, 0.5) is 0 Å². The monoisotopic (exact) mass is 527 g/mol. The Hall–Kier alpha value is -3.73. The fourth-order valence-corrected chi connectivity index (χ4v) is 4.78. The van der Waals surface area contributed by atoms with Gasteiger partial charge in [-0.25, -0.2) is 17.9 Å². The quantitative estimate of drug-likeness (QED) is 0.350. The Morgan fingerprint density at radius 3 is 2.61 bits per heavy atom. The van der Waals surface area contributed by atoms with E-state index in [0.717, 1.165) is 5.56 Å². The molecule has 4 rings (SSSR count). The van der Waals surface area contributed by atoms with Gasteiger partial charge in [-0.1, -0.05) is 17.7 Å². The molecule has 1 N–H and O–H groups in total.